The molecule has 0 fully saturated rings. The number of carbonyl (C=O) groups excluding carboxylic acids is 3. The van der Waals surface area contributed by atoms with Crippen LogP contribution >= 0.6 is 11.3 Å². The molecule has 0 atom stereocenters. The summed E-state index contributed by atoms with van der Waals surface area (Å²) >= 11 is 1.39. The average molecular weight is 505 g/mol. The molecule has 1 aliphatic carbocycles. The minimum Gasteiger partial charge on any atom is -0.465 e. The second-order valence-electron chi connectivity index (χ2n) is 8.42. The number of ether oxygens (including phenoxy) is 2. The van der Waals surface area contributed by atoms with E-state index in [2.05, 4.69) is 10.3 Å². The summed E-state index contributed by atoms with van der Waals surface area (Å²) in [6.45, 7) is -0.510. The first kappa shape index (κ1) is 23.7. The lowest BCUT2D eigenvalue weighted by atomic mass is 10.1. The SMILES string of the molecule is COC(=O)c1c(NC(=O)COC(=O)c2ccccc2-c2nc3ccccc3o2)sc2c1CCCCC2. The second-order valence-corrected chi connectivity index (χ2v) is 9.52. The highest BCUT2D eigenvalue weighted by atomic mass is 32.1. The van der Waals surface area contributed by atoms with Crippen molar-refractivity contribution in [1.82, 2.24) is 4.98 Å². The summed E-state index contributed by atoms with van der Waals surface area (Å²) in [5.41, 5.74) is 3.32. The summed E-state index contributed by atoms with van der Waals surface area (Å²) in [7, 11) is 1.32. The lowest BCUT2D eigenvalue weighted by Gasteiger charge is -2.09. The number of rotatable bonds is 6. The van der Waals surface area contributed by atoms with Crippen LogP contribution in [0.15, 0.2) is 52.9 Å². The highest BCUT2D eigenvalue weighted by Crippen LogP contribution is 2.38. The minimum atomic E-state index is -0.682. The van der Waals surface area contributed by atoms with Gasteiger partial charge in [-0.2, -0.15) is 0 Å². The fourth-order valence-corrected chi connectivity index (χ4v) is 5.65. The van der Waals surface area contributed by atoms with Crippen LogP contribution in [0, 0.1) is 0 Å². The van der Waals surface area contributed by atoms with Crippen LogP contribution in [-0.4, -0.2) is 36.5 Å². The van der Waals surface area contributed by atoms with E-state index in [9.17, 15) is 14.4 Å². The molecule has 0 unspecified atom stereocenters. The van der Waals surface area contributed by atoms with Crippen LogP contribution in [0.4, 0.5) is 5.00 Å². The van der Waals surface area contributed by atoms with Gasteiger partial charge in [0.15, 0.2) is 12.2 Å². The molecule has 0 bridgehead atoms. The van der Waals surface area contributed by atoms with E-state index >= 15 is 0 Å². The molecule has 0 saturated carbocycles. The molecule has 9 heteroatoms. The van der Waals surface area contributed by atoms with Crippen LogP contribution in [-0.2, 0) is 27.1 Å². The molecule has 1 amide bonds. The Morgan fingerprint density at radius 3 is 2.61 bits per heavy atom. The van der Waals surface area contributed by atoms with Crippen molar-refractivity contribution in [2.45, 2.75) is 32.1 Å². The van der Waals surface area contributed by atoms with Gasteiger partial charge in [-0.15, -0.1) is 11.3 Å². The Labute approximate surface area is 211 Å². The van der Waals surface area contributed by atoms with Gasteiger partial charge < -0.3 is 19.2 Å². The summed E-state index contributed by atoms with van der Waals surface area (Å²) in [5, 5.41) is 3.18. The summed E-state index contributed by atoms with van der Waals surface area (Å²) in [6, 6.07) is 14.1. The molecule has 0 aliphatic heterocycles. The van der Waals surface area contributed by atoms with Crippen LogP contribution < -0.4 is 5.32 Å². The van der Waals surface area contributed by atoms with Crippen molar-refractivity contribution < 1.29 is 28.3 Å². The van der Waals surface area contributed by atoms with Crippen molar-refractivity contribution in [2.24, 2.45) is 0 Å². The van der Waals surface area contributed by atoms with Crippen molar-refractivity contribution >= 4 is 45.3 Å². The Morgan fingerprint density at radius 2 is 1.78 bits per heavy atom. The summed E-state index contributed by atoms with van der Waals surface area (Å²) < 4.78 is 16.1. The van der Waals surface area contributed by atoms with Crippen molar-refractivity contribution in [2.75, 3.05) is 19.0 Å². The number of methoxy groups -OCH3 is 1. The topological polar surface area (TPSA) is 108 Å². The zero-order valence-electron chi connectivity index (χ0n) is 19.7. The number of esters is 2. The van der Waals surface area contributed by atoms with E-state index < -0.39 is 24.5 Å². The van der Waals surface area contributed by atoms with Gasteiger partial charge in [-0.3, -0.25) is 4.79 Å². The fraction of sp³-hybridized carbons (Fsp3) is 0.259. The molecule has 2 heterocycles. The number of hydrogen-bond donors (Lipinski definition) is 1. The van der Waals surface area contributed by atoms with Gasteiger partial charge in [-0.05, 0) is 55.5 Å². The van der Waals surface area contributed by atoms with Crippen LogP contribution in [0.2, 0.25) is 0 Å². The van der Waals surface area contributed by atoms with Crippen molar-refractivity contribution in [3.63, 3.8) is 0 Å². The number of oxazole rings is 1. The predicted molar refractivity (Wildman–Crippen MR) is 135 cm³/mol. The van der Waals surface area contributed by atoms with Gasteiger partial charge in [-0.25, -0.2) is 14.6 Å². The molecule has 0 radical (unpaired) electrons. The zero-order chi connectivity index (χ0) is 25.1. The molecule has 36 heavy (non-hydrogen) atoms. The maximum absolute atomic E-state index is 12.9. The maximum atomic E-state index is 12.9. The van der Waals surface area contributed by atoms with Crippen LogP contribution in [0.3, 0.4) is 0 Å². The van der Waals surface area contributed by atoms with E-state index in [1.54, 1.807) is 30.3 Å². The number of nitrogens with zero attached hydrogens (tertiary/aromatic N) is 1. The number of thiophene rings is 1. The van der Waals surface area contributed by atoms with Gasteiger partial charge in [-0.1, -0.05) is 30.7 Å². The van der Waals surface area contributed by atoms with E-state index in [1.165, 1.54) is 18.4 Å². The monoisotopic (exact) mass is 504 g/mol. The maximum Gasteiger partial charge on any atom is 0.341 e. The third-order valence-corrected chi connectivity index (χ3v) is 7.28. The van der Waals surface area contributed by atoms with Gasteiger partial charge in [0.2, 0.25) is 5.89 Å². The first-order valence-corrected chi connectivity index (χ1v) is 12.5. The third kappa shape index (κ3) is 4.74. The Morgan fingerprint density at radius 1 is 1.00 bits per heavy atom. The highest BCUT2D eigenvalue weighted by molar-refractivity contribution is 7.17. The molecule has 0 spiro atoms. The number of carbonyl (C=O) groups is 3. The molecule has 4 aromatic rings. The predicted octanol–water partition coefficient (Wildman–Crippen LogP) is 5.41. The van der Waals surface area contributed by atoms with Crippen LogP contribution in [0.5, 0.6) is 0 Å². The lowest BCUT2D eigenvalue weighted by Crippen LogP contribution is -2.22. The van der Waals surface area contributed by atoms with E-state index in [-0.39, 0.29) is 11.5 Å². The normalized spacial score (nSPS) is 13.0. The van der Waals surface area contributed by atoms with E-state index in [0.717, 1.165) is 42.5 Å². The molecule has 184 valence electrons. The molecular formula is C27H24N2O6S. The largest absolute Gasteiger partial charge is 0.465 e. The number of para-hydroxylation sites is 2. The number of aryl methyl sites for hydroxylation is 1. The minimum absolute atomic E-state index is 0.231. The number of anilines is 1. The standard InChI is InChI=1S/C27H24N2O6S/c1-33-27(32)23-18-11-3-2-4-14-21(18)36-25(23)29-22(30)15-34-26(31)17-10-6-5-9-16(17)24-28-19-12-7-8-13-20(19)35-24/h5-10,12-13H,2-4,11,14-15H2,1H3,(H,29,30). The van der Waals surface area contributed by atoms with Gasteiger partial charge >= 0.3 is 11.9 Å². The zero-order valence-corrected chi connectivity index (χ0v) is 20.5. The third-order valence-electron chi connectivity index (χ3n) is 6.07. The summed E-state index contributed by atoms with van der Waals surface area (Å²) in [5.74, 6) is -1.41. The Hall–Kier alpha value is -3.98. The van der Waals surface area contributed by atoms with E-state index in [0.29, 0.717) is 27.2 Å². The second kappa shape index (κ2) is 10.3. The Kier molecular flexibility index (Phi) is 6.81. The van der Waals surface area contributed by atoms with Gasteiger partial charge in [0, 0.05) is 4.88 Å². The summed E-state index contributed by atoms with van der Waals surface area (Å²) in [4.78, 5) is 43.6. The molecular weight excluding hydrogens is 480 g/mol. The molecule has 0 saturated heterocycles. The van der Waals surface area contributed by atoms with E-state index in [4.69, 9.17) is 13.9 Å². The molecule has 1 aliphatic rings. The van der Waals surface area contributed by atoms with Crippen molar-refractivity contribution in [3.8, 4) is 11.5 Å². The average Bonchev–Trinajstić information content (AvgIpc) is 3.40. The number of fused-ring (bicyclic) bond motifs is 2. The van der Waals surface area contributed by atoms with E-state index in [1.807, 2.05) is 18.2 Å². The van der Waals surface area contributed by atoms with Gasteiger partial charge in [0.25, 0.3) is 5.91 Å². The van der Waals surface area contributed by atoms with Gasteiger partial charge in [0.1, 0.15) is 10.5 Å². The number of benzene rings is 2. The Bertz CT molecular complexity index is 1420. The smallest absolute Gasteiger partial charge is 0.341 e. The molecule has 2 aromatic heterocycles. The van der Waals surface area contributed by atoms with Crippen molar-refractivity contribution in [3.05, 3.63) is 70.1 Å². The Balaban J connectivity index is 1.31. The number of aromatic nitrogens is 1. The van der Waals surface area contributed by atoms with Gasteiger partial charge in [0.05, 0.1) is 23.8 Å². The number of hydrogen-bond acceptors (Lipinski definition) is 8. The quantitative estimate of drug-likeness (QED) is 0.276. The summed E-state index contributed by atoms with van der Waals surface area (Å²) in [6.07, 6.45) is 4.76. The molecule has 5 rings (SSSR count). The van der Waals surface area contributed by atoms with Crippen LogP contribution in [0.1, 0.15) is 50.4 Å². The lowest BCUT2D eigenvalue weighted by molar-refractivity contribution is -0.119. The number of nitrogens with one attached hydrogen (secondary N) is 1. The van der Waals surface area contributed by atoms with Crippen molar-refractivity contribution in [1.29, 1.82) is 0 Å². The molecule has 8 nitrogen and oxygen atoms in total. The first-order valence-electron chi connectivity index (χ1n) is 11.7. The fourth-order valence-electron chi connectivity index (χ4n) is 4.36. The highest BCUT2D eigenvalue weighted by Gasteiger charge is 2.27. The molecule has 1 N–H and O–H groups in total. The number of amides is 1. The first-order chi connectivity index (χ1) is 17.5. The van der Waals surface area contributed by atoms with Crippen LogP contribution in [0.25, 0.3) is 22.6 Å². The molecule has 2 aromatic carbocycles.